The number of carboxylic acid groups (broad SMARTS) is 1. The molecular weight excluding hydrogens is 302 g/mol. The number of fused-ring (bicyclic) bond motifs is 2. The first kappa shape index (κ1) is 15.2. The van der Waals surface area contributed by atoms with Crippen molar-refractivity contribution in [3.8, 4) is 0 Å². The van der Waals surface area contributed by atoms with Crippen LogP contribution in [0.5, 0.6) is 0 Å². The molecule has 1 fully saturated rings. The third kappa shape index (κ3) is 3.09. The summed E-state index contributed by atoms with van der Waals surface area (Å²) in [7, 11) is 0. The number of aromatic nitrogens is 3. The van der Waals surface area contributed by atoms with Crippen molar-refractivity contribution in [1.82, 2.24) is 25.0 Å². The van der Waals surface area contributed by atoms with Crippen molar-refractivity contribution in [1.29, 1.82) is 0 Å². The van der Waals surface area contributed by atoms with Crippen molar-refractivity contribution in [3.05, 3.63) is 30.6 Å². The van der Waals surface area contributed by atoms with E-state index in [1.54, 1.807) is 21.9 Å². The Hall–Kier alpha value is -2.68. The Morgan fingerprint density at radius 1 is 1.57 bits per heavy atom. The van der Waals surface area contributed by atoms with Gasteiger partial charge in [0.1, 0.15) is 0 Å². The normalized spacial score (nSPS) is 19.9. The molecule has 1 aromatic rings. The maximum atomic E-state index is 12.2. The predicted molar refractivity (Wildman–Crippen MR) is 79.0 cm³/mol. The SMILES string of the molecule is C=CCON1C(=O)N2CC(n3cc(CCC(=O)O)nn3)=CC1C2. The van der Waals surface area contributed by atoms with Crippen LogP contribution in [-0.2, 0) is 16.1 Å². The molecule has 2 aliphatic rings. The number of hydrogen-bond acceptors (Lipinski definition) is 5. The zero-order chi connectivity index (χ0) is 16.4. The first-order valence-corrected chi connectivity index (χ1v) is 7.24. The van der Waals surface area contributed by atoms with E-state index in [2.05, 4.69) is 16.9 Å². The Morgan fingerprint density at radius 2 is 2.39 bits per heavy atom. The van der Waals surface area contributed by atoms with E-state index in [0.717, 1.165) is 5.70 Å². The molecule has 1 N–H and O–H groups in total. The highest BCUT2D eigenvalue weighted by Gasteiger charge is 2.41. The maximum Gasteiger partial charge on any atom is 0.345 e. The molecule has 0 aliphatic carbocycles. The molecule has 2 bridgehead atoms. The van der Waals surface area contributed by atoms with Gasteiger partial charge in [0.15, 0.2) is 0 Å². The Bertz CT molecular complexity index is 668. The number of hydrogen-bond donors (Lipinski definition) is 1. The number of aliphatic carboxylic acids is 1. The van der Waals surface area contributed by atoms with Gasteiger partial charge in [-0.05, 0) is 6.08 Å². The molecule has 0 spiro atoms. The van der Waals surface area contributed by atoms with Crippen LogP contribution < -0.4 is 0 Å². The van der Waals surface area contributed by atoms with Gasteiger partial charge in [-0.1, -0.05) is 11.3 Å². The van der Waals surface area contributed by atoms with Crippen LogP contribution in [-0.4, -0.2) is 67.8 Å². The number of aryl methyl sites for hydroxylation is 1. The van der Waals surface area contributed by atoms with Crippen molar-refractivity contribution in [3.63, 3.8) is 0 Å². The summed E-state index contributed by atoms with van der Waals surface area (Å²) in [6.45, 7) is 4.81. The highest BCUT2D eigenvalue weighted by molar-refractivity contribution is 5.80. The fourth-order valence-corrected chi connectivity index (χ4v) is 2.60. The maximum absolute atomic E-state index is 12.2. The minimum Gasteiger partial charge on any atom is -0.481 e. The first-order chi connectivity index (χ1) is 11.1. The zero-order valence-electron chi connectivity index (χ0n) is 12.5. The number of carboxylic acids is 1. The number of carbonyl (C=O) groups excluding carboxylic acids is 1. The van der Waals surface area contributed by atoms with Gasteiger partial charge in [-0.3, -0.25) is 9.63 Å². The molecule has 122 valence electrons. The van der Waals surface area contributed by atoms with Crippen LogP contribution in [0.15, 0.2) is 24.9 Å². The molecule has 1 atom stereocenters. The average Bonchev–Trinajstić information content (AvgIpc) is 3.08. The second kappa shape index (κ2) is 6.21. The second-order valence-electron chi connectivity index (χ2n) is 5.35. The molecule has 2 amide bonds. The van der Waals surface area contributed by atoms with Gasteiger partial charge < -0.3 is 10.0 Å². The van der Waals surface area contributed by atoms with Crippen LogP contribution in [0, 0.1) is 0 Å². The smallest absolute Gasteiger partial charge is 0.345 e. The Kier molecular flexibility index (Phi) is 4.11. The van der Waals surface area contributed by atoms with Crippen LogP contribution in [0.1, 0.15) is 12.1 Å². The fraction of sp³-hybridized carbons (Fsp3) is 0.429. The Labute approximate surface area is 132 Å². The molecular formula is C14H17N5O4. The quantitative estimate of drug-likeness (QED) is 0.729. The number of nitrogens with zero attached hydrogens (tertiary/aromatic N) is 5. The molecule has 0 saturated carbocycles. The molecule has 1 saturated heterocycles. The lowest BCUT2D eigenvalue weighted by Crippen LogP contribution is -2.33. The summed E-state index contributed by atoms with van der Waals surface area (Å²) in [5, 5.41) is 18.0. The summed E-state index contributed by atoms with van der Waals surface area (Å²) in [6, 6.07) is -0.368. The average molecular weight is 319 g/mol. The van der Waals surface area contributed by atoms with Gasteiger partial charge in [0.25, 0.3) is 0 Å². The van der Waals surface area contributed by atoms with Gasteiger partial charge in [-0.2, -0.15) is 5.06 Å². The van der Waals surface area contributed by atoms with Crippen LogP contribution in [0.25, 0.3) is 5.70 Å². The van der Waals surface area contributed by atoms with Crippen LogP contribution in [0.4, 0.5) is 4.79 Å². The van der Waals surface area contributed by atoms with E-state index in [1.807, 2.05) is 6.08 Å². The Morgan fingerprint density at radius 3 is 3.13 bits per heavy atom. The van der Waals surface area contributed by atoms with Gasteiger partial charge in [-0.15, -0.1) is 11.7 Å². The molecule has 9 nitrogen and oxygen atoms in total. The van der Waals surface area contributed by atoms with Crippen molar-refractivity contribution in [2.24, 2.45) is 0 Å². The van der Waals surface area contributed by atoms with E-state index in [9.17, 15) is 9.59 Å². The van der Waals surface area contributed by atoms with Gasteiger partial charge in [-0.25, -0.2) is 9.48 Å². The summed E-state index contributed by atoms with van der Waals surface area (Å²) in [5.74, 6) is -0.874. The summed E-state index contributed by atoms with van der Waals surface area (Å²) >= 11 is 0. The van der Waals surface area contributed by atoms with Gasteiger partial charge in [0.05, 0.1) is 43.2 Å². The lowest BCUT2D eigenvalue weighted by molar-refractivity contribution is -0.136. The second-order valence-corrected chi connectivity index (χ2v) is 5.35. The molecule has 3 rings (SSSR count). The summed E-state index contributed by atoms with van der Waals surface area (Å²) in [6.07, 6.45) is 5.53. The van der Waals surface area contributed by atoms with Gasteiger partial charge in [0.2, 0.25) is 0 Å². The van der Waals surface area contributed by atoms with Gasteiger partial charge in [0, 0.05) is 13.0 Å². The van der Waals surface area contributed by atoms with E-state index in [4.69, 9.17) is 9.94 Å². The fourth-order valence-electron chi connectivity index (χ4n) is 2.60. The highest BCUT2D eigenvalue weighted by Crippen LogP contribution is 2.26. The van der Waals surface area contributed by atoms with Gasteiger partial charge >= 0.3 is 12.0 Å². The summed E-state index contributed by atoms with van der Waals surface area (Å²) in [5.41, 5.74) is 1.42. The summed E-state index contributed by atoms with van der Waals surface area (Å²) in [4.78, 5) is 29.9. The topological polar surface area (TPSA) is 101 Å². The zero-order valence-corrected chi connectivity index (χ0v) is 12.5. The van der Waals surface area contributed by atoms with E-state index < -0.39 is 5.97 Å². The molecule has 1 unspecified atom stereocenters. The number of carbonyl (C=O) groups is 2. The minimum absolute atomic E-state index is 0.00808. The molecule has 23 heavy (non-hydrogen) atoms. The van der Waals surface area contributed by atoms with E-state index >= 15 is 0 Å². The number of amides is 2. The monoisotopic (exact) mass is 319 g/mol. The molecule has 1 aromatic heterocycles. The third-order valence-corrected chi connectivity index (χ3v) is 3.67. The minimum atomic E-state index is -0.874. The third-order valence-electron chi connectivity index (χ3n) is 3.67. The lowest BCUT2D eigenvalue weighted by atomic mass is 10.2. The predicted octanol–water partition coefficient (Wildman–Crippen LogP) is 0.374. The van der Waals surface area contributed by atoms with Crippen LogP contribution >= 0.6 is 0 Å². The van der Waals surface area contributed by atoms with E-state index in [1.165, 1.54) is 5.06 Å². The van der Waals surface area contributed by atoms with Crippen molar-refractivity contribution >= 4 is 17.7 Å². The van der Waals surface area contributed by atoms with E-state index in [-0.39, 0.29) is 25.1 Å². The highest BCUT2D eigenvalue weighted by atomic mass is 16.7. The van der Waals surface area contributed by atoms with Crippen molar-refractivity contribution in [2.75, 3.05) is 19.7 Å². The number of urea groups is 1. The first-order valence-electron chi connectivity index (χ1n) is 7.24. The van der Waals surface area contributed by atoms with E-state index in [0.29, 0.717) is 25.2 Å². The molecule has 9 heteroatoms. The van der Waals surface area contributed by atoms with Crippen molar-refractivity contribution < 1.29 is 19.5 Å². The molecule has 2 aliphatic heterocycles. The number of hydroxylamine groups is 2. The molecule has 3 heterocycles. The largest absolute Gasteiger partial charge is 0.481 e. The standard InChI is InChI=1S/C14H17N5O4/c1-2-5-23-19-12-6-11(8-17(9-12)14(19)22)18-7-10(15-16-18)3-4-13(20)21/h2,6-7,12H,1,3-5,8-9H2,(H,20,21). The number of rotatable bonds is 7. The Balaban J connectivity index is 1.73. The molecule has 0 aromatic carbocycles. The van der Waals surface area contributed by atoms with Crippen molar-refractivity contribution in [2.45, 2.75) is 18.9 Å². The van der Waals surface area contributed by atoms with Crippen LogP contribution in [0.3, 0.4) is 0 Å². The summed E-state index contributed by atoms with van der Waals surface area (Å²) < 4.78 is 1.58. The van der Waals surface area contributed by atoms with Crippen LogP contribution in [0.2, 0.25) is 0 Å². The lowest BCUT2D eigenvalue weighted by Gasteiger charge is -2.20. The molecule has 0 radical (unpaired) electrons.